The van der Waals surface area contributed by atoms with Crippen molar-refractivity contribution in [2.45, 2.75) is 6.92 Å². The lowest BCUT2D eigenvalue weighted by Gasteiger charge is -2.11. The van der Waals surface area contributed by atoms with E-state index >= 15 is 0 Å². The van der Waals surface area contributed by atoms with Gasteiger partial charge in [0, 0.05) is 6.54 Å². The molecule has 1 rings (SSSR count). The summed E-state index contributed by atoms with van der Waals surface area (Å²) in [5.41, 5.74) is 1.18. The molecule has 0 saturated carbocycles. The highest BCUT2D eigenvalue weighted by Crippen LogP contribution is 2.06. The number of ether oxygens (including phenoxy) is 1. The molecule has 0 N–H and O–H groups in total. The fourth-order valence-corrected chi connectivity index (χ4v) is 1.21. The lowest BCUT2D eigenvalue weighted by atomic mass is 10.2. The highest BCUT2D eigenvalue weighted by molar-refractivity contribution is 5.50. The molecular formula is C13H19NO. The van der Waals surface area contributed by atoms with Crippen LogP contribution in [0.15, 0.2) is 36.1 Å². The van der Waals surface area contributed by atoms with Crippen LogP contribution in [-0.2, 0) is 4.74 Å². The number of nitrogens with zero attached hydrogens (tertiary/aromatic N) is 1. The normalized spacial score (nSPS) is 11.9. The molecule has 2 nitrogen and oxygen atoms in total. The van der Waals surface area contributed by atoms with Crippen LogP contribution in [0.25, 0.3) is 6.08 Å². The average Bonchev–Trinajstić information content (AvgIpc) is 2.18. The molecule has 0 spiro atoms. The summed E-state index contributed by atoms with van der Waals surface area (Å²) >= 11 is 0. The van der Waals surface area contributed by atoms with Crippen molar-refractivity contribution in [3.8, 4) is 0 Å². The molecule has 0 heterocycles. The third-order valence-corrected chi connectivity index (χ3v) is 2.04. The van der Waals surface area contributed by atoms with Gasteiger partial charge < -0.3 is 9.64 Å². The zero-order valence-corrected chi connectivity index (χ0v) is 9.73. The van der Waals surface area contributed by atoms with Gasteiger partial charge in [-0.05, 0) is 32.7 Å². The highest BCUT2D eigenvalue weighted by Gasteiger charge is 1.93. The Kier molecular flexibility index (Phi) is 4.91. The van der Waals surface area contributed by atoms with Crippen LogP contribution >= 0.6 is 0 Å². The largest absolute Gasteiger partial charge is 0.497 e. The number of hydrogen-bond acceptors (Lipinski definition) is 2. The van der Waals surface area contributed by atoms with E-state index in [1.165, 1.54) is 5.56 Å². The third-order valence-electron chi connectivity index (χ3n) is 2.04. The summed E-state index contributed by atoms with van der Waals surface area (Å²) < 4.78 is 5.58. The van der Waals surface area contributed by atoms with Crippen molar-refractivity contribution in [2.75, 3.05) is 27.2 Å². The van der Waals surface area contributed by atoms with Crippen LogP contribution in [0.5, 0.6) is 0 Å². The van der Waals surface area contributed by atoms with Crippen molar-refractivity contribution < 1.29 is 4.74 Å². The molecule has 0 unspecified atom stereocenters. The van der Waals surface area contributed by atoms with Gasteiger partial charge in [-0.25, -0.2) is 0 Å². The first-order chi connectivity index (χ1) is 7.18. The van der Waals surface area contributed by atoms with E-state index in [9.17, 15) is 0 Å². The first kappa shape index (κ1) is 11.8. The van der Waals surface area contributed by atoms with Crippen molar-refractivity contribution >= 4 is 6.08 Å². The molecule has 0 aromatic heterocycles. The summed E-state index contributed by atoms with van der Waals surface area (Å²) in [5.74, 6) is 0.961. The Morgan fingerprint density at radius 1 is 1.27 bits per heavy atom. The monoisotopic (exact) mass is 205 g/mol. The minimum Gasteiger partial charge on any atom is -0.497 e. The Hall–Kier alpha value is -1.28. The van der Waals surface area contributed by atoms with Gasteiger partial charge in [0.25, 0.3) is 0 Å². The second kappa shape index (κ2) is 6.25. The van der Waals surface area contributed by atoms with Crippen molar-refractivity contribution in [3.05, 3.63) is 41.7 Å². The third kappa shape index (κ3) is 5.23. The maximum atomic E-state index is 5.58. The van der Waals surface area contributed by atoms with Crippen LogP contribution in [0.2, 0.25) is 0 Å². The van der Waals surface area contributed by atoms with Crippen LogP contribution in [0.3, 0.4) is 0 Å². The summed E-state index contributed by atoms with van der Waals surface area (Å²) in [7, 11) is 4.08. The number of likely N-dealkylation sites (N-methyl/N-ethyl adjacent to an activating group) is 1. The molecule has 0 fully saturated rings. The molecule has 0 aliphatic heterocycles. The number of rotatable bonds is 5. The van der Waals surface area contributed by atoms with Crippen molar-refractivity contribution in [1.29, 1.82) is 0 Å². The molecule has 0 radical (unpaired) electrons. The van der Waals surface area contributed by atoms with Crippen LogP contribution < -0.4 is 0 Å². The Morgan fingerprint density at radius 2 is 1.93 bits per heavy atom. The molecule has 0 amide bonds. The first-order valence-electron chi connectivity index (χ1n) is 5.19. The molecular weight excluding hydrogens is 186 g/mol. The number of hydrogen-bond donors (Lipinski definition) is 0. The Bertz CT molecular complexity index is 304. The zero-order chi connectivity index (χ0) is 11.1. The lowest BCUT2D eigenvalue weighted by molar-refractivity contribution is 0.187. The summed E-state index contributed by atoms with van der Waals surface area (Å²) in [6.45, 7) is 3.67. The molecule has 0 atom stereocenters. The summed E-state index contributed by atoms with van der Waals surface area (Å²) in [6.07, 6.45) is 2.05. The minimum absolute atomic E-state index is 0.738. The first-order valence-corrected chi connectivity index (χ1v) is 5.19. The molecule has 0 aliphatic rings. The van der Waals surface area contributed by atoms with E-state index in [0.717, 1.165) is 18.9 Å². The minimum atomic E-state index is 0.738. The maximum Gasteiger partial charge on any atom is 0.100 e. The standard InChI is InChI=1S/C13H19NO/c1-12(15-10-9-14(2)3)11-13-7-5-4-6-8-13/h4-8,11H,9-10H2,1-3H3/b12-11+. The van der Waals surface area contributed by atoms with Gasteiger partial charge in [-0.3, -0.25) is 0 Å². The molecule has 15 heavy (non-hydrogen) atoms. The van der Waals surface area contributed by atoms with Crippen LogP contribution in [0, 0.1) is 0 Å². The molecule has 1 aromatic rings. The van der Waals surface area contributed by atoms with Gasteiger partial charge in [0.2, 0.25) is 0 Å². The molecule has 0 bridgehead atoms. The SMILES string of the molecule is C/C(=C\c1ccccc1)OCCN(C)C. The quantitative estimate of drug-likeness (QED) is 0.685. The van der Waals surface area contributed by atoms with Crippen molar-refractivity contribution in [3.63, 3.8) is 0 Å². The van der Waals surface area contributed by atoms with Crippen molar-refractivity contribution in [1.82, 2.24) is 4.90 Å². The van der Waals surface area contributed by atoms with E-state index in [1.807, 2.05) is 39.2 Å². The smallest absolute Gasteiger partial charge is 0.100 e. The van der Waals surface area contributed by atoms with Gasteiger partial charge in [0.15, 0.2) is 0 Å². The maximum absolute atomic E-state index is 5.58. The predicted octanol–water partition coefficient (Wildman–Crippen LogP) is 2.63. The average molecular weight is 205 g/mol. The summed E-state index contributed by atoms with van der Waals surface area (Å²) in [5, 5.41) is 0. The second-order valence-corrected chi connectivity index (χ2v) is 3.82. The molecule has 1 aromatic carbocycles. The Labute approximate surface area is 92.2 Å². The van der Waals surface area contributed by atoms with Gasteiger partial charge >= 0.3 is 0 Å². The topological polar surface area (TPSA) is 12.5 Å². The Balaban J connectivity index is 2.40. The van der Waals surface area contributed by atoms with E-state index in [0.29, 0.717) is 0 Å². The van der Waals surface area contributed by atoms with Gasteiger partial charge in [-0.2, -0.15) is 0 Å². The van der Waals surface area contributed by atoms with Gasteiger partial charge in [-0.15, -0.1) is 0 Å². The number of benzene rings is 1. The Morgan fingerprint density at radius 3 is 2.53 bits per heavy atom. The van der Waals surface area contributed by atoms with Gasteiger partial charge in [0.05, 0.1) is 5.76 Å². The zero-order valence-electron chi connectivity index (χ0n) is 9.73. The van der Waals surface area contributed by atoms with Gasteiger partial charge in [-0.1, -0.05) is 30.3 Å². The highest BCUT2D eigenvalue weighted by atomic mass is 16.5. The van der Waals surface area contributed by atoms with E-state index in [-0.39, 0.29) is 0 Å². The number of allylic oxidation sites excluding steroid dienone is 1. The fourth-order valence-electron chi connectivity index (χ4n) is 1.21. The predicted molar refractivity (Wildman–Crippen MR) is 64.6 cm³/mol. The molecule has 82 valence electrons. The van der Waals surface area contributed by atoms with E-state index in [2.05, 4.69) is 23.1 Å². The summed E-state index contributed by atoms with van der Waals surface area (Å²) in [6, 6.07) is 10.2. The lowest BCUT2D eigenvalue weighted by Crippen LogP contribution is -2.17. The van der Waals surface area contributed by atoms with E-state index in [1.54, 1.807) is 0 Å². The van der Waals surface area contributed by atoms with Crippen LogP contribution in [0.1, 0.15) is 12.5 Å². The fraction of sp³-hybridized carbons (Fsp3) is 0.385. The van der Waals surface area contributed by atoms with Gasteiger partial charge in [0.1, 0.15) is 6.61 Å². The molecule has 0 saturated heterocycles. The van der Waals surface area contributed by atoms with E-state index in [4.69, 9.17) is 4.74 Å². The van der Waals surface area contributed by atoms with Crippen LogP contribution in [0.4, 0.5) is 0 Å². The molecule has 2 heteroatoms. The van der Waals surface area contributed by atoms with Crippen molar-refractivity contribution in [2.24, 2.45) is 0 Å². The van der Waals surface area contributed by atoms with Crippen LogP contribution in [-0.4, -0.2) is 32.1 Å². The van der Waals surface area contributed by atoms with E-state index < -0.39 is 0 Å². The second-order valence-electron chi connectivity index (χ2n) is 3.82. The summed E-state index contributed by atoms with van der Waals surface area (Å²) in [4.78, 5) is 2.11. The molecule has 0 aliphatic carbocycles.